The third kappa shape index (κ3) is 5.38. The lowest BCUT2D eigenvalue weighted by molar-refractivity contribution is 0.0642. The van der Waals surface area contributed by atoms with Gasteiger partial charge in [0.05, 0.1) is 23.6 Å². The number of halogens is 1. The van der Waals surface area contributed by atoms with Crippen molar-refractivity contribution in [3.63, 3.8) is 0 Å². The molecule has 0 radical (unpaired) electrons. The summed E-state index contributed by atoms with van der Waals surface area (Å²) in [7, 11) is -2.98. The van der Waals surface area contributed by atoms with Gasteiger partial charge in [0.1, 0.15) is 9.84 Å². The van der Waals surface area contributed by atoms with Crippen molar-refractivity contribution in [2.75, 3.05) is 44.7 Å². The molecule has 2 heterocycles. The van der Waals surface area contributed by atoms with E-state index in [1.165, 1.54) is 6.26 Å². The zero-order chi connectivity index (χ0) is 21.2. The number of carbonyl (C=O) groups is 1. The largest absolute Gasteiger partial charge is 0.336 e. The van der Waals surface area contributed by atoms with Gasteiger partial charge >= 0.3 is 0 Å². The summed E-state index contributed by atoms with van der Waals surface area (Å²) < 4.78 is 24.5. The molecule has 3 rings (SSSR count). The lowest BCUT2D eigenvalue weighted by Crippen LogP contribution is -2.49. The fraction of sp³-hybridized carbons (Fsp3) is 0.500. The number of carbonyl (C=O) groups excluding carboxylic acids is 1. The lowest BCUT2D eigenvalue weighted by Gasteiger charge is -2.34. The number of amides is 1. The molecule has 1 aliphatic rings. The summed E-state index contributed by atoms with van der Waals surface area (Å²) in [5, 5.41) is 5.25. The van der Waals surface area contributed by atoms with Gasteiger partial charge in [-0.25, -0.2) is 8.42 Å². The van der Waals surface area contributed by atoms with Crippen molar-refractivity contribution in [3.8, 4) is 0 Å². The monoisotopic (exact) mass is 438 g/mol. The van der Waals surface area contributed by atoms with Crippen LogP contribution in [-0.4, -0.2) is 78.6 Å². The van der Waals surface area contributed by atoms with Crippen LogP contribution in [0.5, 0.6) is 0 Å². The molecular formula is C20H27ClN4O3S. The van der Waals surface area contributed by atoms with E-state index in [9.17, 15) is 13.2 Å². The molecule has 1 saturated heterocycles. The highest BCUT2D eigenvalue weighted by Crippen LogP contribution is 2.21. The topological polar surface area (TPSA) is 75.5 Å². The Hall–Kier alpha value is -1.90. The van der Waals surface area contributed by atoms with Crippen molar-refractivity contribution >= 4 is 27.3 Å². The molecular weight excluding hydrogens is 412 g/mol. The second kappa shape index (κ2) is 8.85. The van der Waals surface area contributed by atoms with Gasteiger partial charge in [0, 0.05) is 49.7 Å². The molecule has 1 fully saturated rings. The summed E-state index contributed by atoms with van der Waals surface area (Å²) >= 11 is 6.27. The molecule has 7 nitrogen and oxygen atoms in total. The molecule has 0 N–H and O–H groups in total. The molecule has 1 aromatic heterocycles. The molecule has 0 aliphatic carbocycles. The number of hydrogen-bond acceptors (Lipinski definition) is 5. The van der Waals surface area contributed by atoms with Gasteiger partial charge in [-0.15, -0.1) is 0 Å². The molecule has 29 heavy (non-hydrogen) atoms. The first-order valence-electron chi connectivity index (χ1n) is 9.62. The lowest BCUT2D eigenvalue weighted by atomic mass is 10.1. The highest BCUT2D eigenvalue weighted by molar-refractivity contribution is 7.90. The third-order valence-electron chi connectivity index (χ3n) is 5.31. The van der Waals surface area contributed by atoms with Crippen molar-refractivity contribution in [1.82, 2.24) is 19.6 Å². The van der Waals surface area contributed by atoms with Crippen LogP contribution >= 0.6 is 11.6 Å². The summed E-state index contributed by atoms with van der Waals surface area (Å²) in [6, 6.07) is 7.62. The van der Waals surface area contributed by atoms with Crippen LogP contribution in [0.15, 0.2) is 24.3 Å². The normalized spacial score (nSPS) is 15.7. The van der Waals surface area contributed by atoms with Crippen LogP contribution in [0, 0.1) is 13.8 Å². The summed E-state index contributed by atoms with van der Waals surface area (Å²) in [6.07, 6.45) is 1.25. The maximum atomic E-state index is 13.1. The van der Waals surface area contributed by atoms with E-state index in [1.54, 1.807) is 0 Å². The van der Waals surface area contributed by atoms with Crippen molar-refractivity contribution in [2.45, 2.75) is 20.4 Å². The van der Waals surface area contributed by atoms with E-state index in [0.717, 1.165) is 11.3 Å². The average molecular weight is 439 g/mol. The SMILES string of the molecule is Cc1nn(Cc2ccccc2Cl)c(C)c1C(=O)N1CCN(CCS(C)(=O)=O)CC1. The Morgan fingerprint density at radius 3 is 2.41 bits per heavy atom. The first kappa shape index (κ1) is 21.8. The first-order chi connectivity index (χ1) is 13.7. The maximum absolute atomic E-state index is 13.1. The van der Waals surface area contributed by atoms with Crippen LogP contribution in [0.3, 0.4) is 0 Å². The number of aryl methyl sites for hydroxylation is 1. The van der Waals surface area contributed by atoms with E-state index in [2.05, 4.69) is 10.00 Å². The van der Waals surface area contributed by atoms with Gasteiger partial charge in [0.2, 0.25) is 0 Å². The molecule has 0 bridgehead atoms. The molecule has 2 aromatic rings. The minimum atomic E-state index is -2.98. The Labute approximate surface area is 177 Å². The third-order valence-corrected chi connectivity index (χ3v) is 6.60. The Morgan fingerprint density at radius 1 is 1.14 bits per heavy atom. The van der Waals surface area contributed by atoms with E-state index in [4.69, 9.17) is 11.6 Å². The van der Waals surface area contributed by atoms with E-state index >= 15 is 0 Å². The van der Waals surface area contributed by atoms with Gasteiger partial charge in [0.25, 0.3) is 5.91 Å². The predicted molar refractivity (Wildman–Crippen MR) is 114 cm³/mol. The summed E-state index contributed by atoms with van der Waals surface area (Å²) in [5.74, 6) is 0.127. The molecule has 1 amide bonds. The Kier molecular flexibility index (Phi) is 6.65. The number of rotatable bonds is 6. The van der Waals surface area contributed by atoms with Crippen molar-refractivity contribution in [1.29, 1.82) is 0 Å². The van der Waals surface area contributed by atoms with Crippen LogP contribution in [0.25, 0.3) is 0 Å². The standard InChI is InChI=1S/C20H27ClN4O3S/c1-15-19(16(2)25(22-15)14-17-6-4-5-7-18(17)21)20(26)24-10-8-23(9-11-24)12-13-29(3,27)28/h4-7H,8-14H2,1-3H3. The van der Waals surface area contributed by atoms with Crippen molar-refractivity contribution in [3.05, 3.63) is 51.8 Å². The number of sulfone groups is 1. The highest BCUT2D eigenvalue weighted by atomic mass is 35.5. The summed E-state index contributed by atoms with van der Waals surface area (Å²) in [5.41, 5.74) is 3.13. The summed E-state index contributed by atoms with van der Waals surface area (Å²) in [6.45, 7) is 7.29. The van der Waals surface area contributed by atoms with Crippen molar-refractivity contribution < 1.29 is 13.2 Å². The maximum Gasteiger partial charge on any atom is 0.257 e. The molecule has 158 valence electrons. The second-order valence-electron chi connectivity index (χ2n) is 7.56. The fourth-order valence-electron chi connectivity index (χ4n) is 3.58. The zero-order valence-electron chi connectivity index (χ0n) is 17.1. The molecule has 1 aromatic carbocycles. The van der Waals surface area contributed by atoms with Crippen LogP contribution < -0.4 is 0 Å². The number of aromatic nitrogens is 2. The Bertz CT molecular complexity index is 995. The van der Waals surface area contributed by atoms with Crippen molar-refractivity contribution in [2.24, 2.45) is 0 Å². The van der Waals surface area contributed by atoms with Gasteiger partial charge in [-0.05, 0) is 25.5 Å². The smallest absolute Gasteiger partial charge is 0.257 e. The molecule has 1 aliphatic heterocycles. The van der Waals surface area contributed by atoms with E-state index in [-0.39, 0.29) is 11.7 Å². The second-order valence-corrected chi connectivity index (χ2v) is 10.2. The number of nitrogens with zero attached hydrogens (tertiary/aromatic N) is 4. The van der Waals surface area contributed by atoms with Crippen LogP contribution in [0.1, 0.15) is 27.3 Å². The molecule has 0 atom stereocenters. The average Bonchev–Trinajstić information content (AvgIpc) is 2.94. The van der Waals surface area contributed by atoms with Gasteiger partial charge in [-0.1, -0.05) is 29.8 Å². The Morgan fingerprint density at radius 2 is 1.79 bits per heavy atom. The molecule has 9 heteroatoms. The van der Waals surface area contributed by atoms with E-state index in [1.807, 2.05) is 47.7 Å². The van der Waals surface area contributed by atoms with Crippen LogP contribution in [0.2, 0.25) is 5.02 Å². The molecule has 0 spiro atoms. The zero-order valence-corrected chi connectivity index (χ0v) is 18.6. The molecule has 0 unspecified atom stereocenters. The first-order valence-corrected chi connectivity index (χ1v) is 12.1. The predicted octanol–water partition coefficient (Wildman–Crippen LogP) is 2.00. The molecule has 0 saturated carbocycles. The van der Waals surface area contributed by atoms with Gasteiger partial charge in [-0.2, -0.15) is 5.10 Å². The van der Waals surface area contributed by atoms with Gasteiger partial charge in [0.15, 0.2) is 0 Å². The number of hydrogen-bond donors (Lipinski definition) is 0. The van der Waals surface area contributed by atoms with Crippen LogP contribution in [-0.2, 0) is 16.4 Å². The summed E-state index contributed by atoms with van der Waals surface area (Å²) in [4.78, 5) is 17.0. The van der Waals surface area contributed by atoms with Crippen LogP contribution in [0.4, 0.5) is 0 Å². The van der Waals surface area contributed by atoms with Gasteiger partial charge < -0.3 is 4.90 Å². The van der Waals surface area contributed by atoms with E-state index in [0.29, 0.717) is 55.5 Å². The fourth-order valence-corrected chi connectivity index (χ4v) is 4.36. The highest BCUT2D eigenvalue weighted by Gasteiger charge is 2.27. The van der Waals surface area contributed by atoms with E-state index < -0.39 is 9.84 Å². The number of piperazine rings is 1. The van der Waals surface area contributed by atoms with Gasteiger partial charge in [-0.3, -0.25) is 14.4 Å². The Balaban J connectivity index is 1.67. The quantitative estimate of drug-likeness (QED) is 0.689. The minimum Gasteiger partial charge on any atom is -0.336 e. The minimum absolute atomic E-state index is 0.0202. The number of benzene rings is 1.